The van der Waals surface area contributed by atoms with E-state index in [9.17, 15) is 4.39 Å². The van der Waals surface area contributed by atoms with Gasteiger partial charge in [-0.2, -0.15) is 4.39 Å². The number of benzene rings is 2. The lowest BCUT2D eigenvalue weighted by molar-refractivity contribution is 0.250. The maximum Gasteiger partial charge on any atom is 0.214 e. The molecule has 0 unspecified atom stereocenters. The van der Waals surface area contributed by atoms with E-state index in [1.165, 1.54) is 28.6 Å². The summed E-state index contributed by atoms with van der Waals surface area (Å²) in [5.41, 5.74) is 2.30. The number of hydrogen-bond donors (Lipinski definition) is 0. The number of fused-ring (bicyclic) bond motifs is 1. The summed E-state index contributed by atoms with van der Waals surface area (Å²) in [6.07, 6.45) is 1.53. The van der Waals surface area contributed by atoms with E-state index < -0.39 is 5.95 Å². The van der Waals surface area contributed by atoms with E-state index in [0.29, 0.717) is 0 Å². The van der Waals surface area contributed by atoms with Gasteiger partial charge in [-0.1, -0.05) is 42.5 Å². The molecular weight excluding hydrogens is 301 g/mol. The molecule has 0 saturated carbocycles. The SMILES string of the molecule is Fc1cc(N2CCN(Cc3cccc4ccccc34)CC2)ccn1. The van der Waals surface area contributed by atoms with Crippen LogP contribution in [0.5, 0.6) is 0 Å². The highest BCUT2D eigenvalue weighted by Crippen LogP contribution is 2.22. The molecule has 1 fully saturated rings. The fourth-order valence-corrected chi connectivity index (χ4v) is 3.42. The fourth-order valence-electron chi connectivity index (χ4n) is 3.42. The maximum absolute atomic E-state index is 13.3. The van der Waals surface area contributed by atoms with Crippen molar-refractivity contribution in [2.24, 2.45) is 0 Å². The van der Waals surface area contributed by atoms with E-state index in [-0.39, 0.29) is 0 Å². The van der Waals surface area contributed by atoms with Crippen molar-refractivity contribution in [3.05, 3.63) is 72.3 Å². The molecule has 2 heterocycles. The zero-order chi connectivity index (χ0) is 16.4. The summed E-state index contributed by atoms with van der Waals surface area (Å²) in [4.78, 5) is 8.33. The molecule has 0 radical (unpaired) electrons. The second kappa shape index (κ2) is 6.57. The summed E-state index contributed by atoms with van der Waals surface area (Å²) in [6, 6.07) is 18.4. The Kier molecular flexibility index (Phi) is 4.13. The Bertz CT molecular complexity index is 836. The molecule has 1 aromatic heterocycles. The van der Waals surface area contributed by atoms with Crippen LogP contribution >= 0.6 is 0 Å². The number of hydrogen-bond acceptors (Lipinski definition) is 3. The first-order valence-electron chi connectivity index (χ1n) is 8.35. The zero-order valence-corrected chi connectivity index (χ0v) is 13.5. The van der Waals surface area contributed by atoms with Gasteiger partial charge in [-0.3, -0.25) is 4.90 Å². The number of nitrogens with zero attached hydrogens (tertiary/aromatic N) is 3. The minimum atomic E-state index is -0.411. The van der Waals surface area contributed by atoms with Crippen LogP contribution in [-0.2, 0) is 6.54 Å². The second-order valence-corrected chi connectivity index (χ2v) is 6.24. The molecule has 0 amide bonds. The Morgan fingerprint density at radius 3 is 2.54 bits per heavy atom. The maximum atomic E-state index is 13.3. The molecule has 3 nitrogen and oxygen atoms in total. The first-order valence-corrected chi connectivity index (χ1v) is 8.35. The van der Waals surface area contributed by atoms with Gasteiger partial charge in [0.2, 0.25) is 5.95 Å². The summed E-state index contributed by atoms with van der Waals surface area (Å²) >= 11 is 0. The smallest absolute Gasteiger partial charge is 0.214 e. The minimum Gasteiger partial charge on any atom is -0.369 e. The van der Waals surface area contributed by atoms with Crippen molar-refractivity contribution in [1.82, 2.24) is 9.88 Å². The first-order chi connectivity index (χ1) is 11.8. The molecule has 122 valence electrons. The van der Waals surface area contributed by atoms with Gasteiger partial charge in [-0.05, 0) is 22.4 Å². The van der Waals surface area contributed by atoms with Crippen molar-refractivity contribution in [3.8, 4) is 0 Å². The van der Waals surface area contributed by atoms with Crippen LogP contribution in [0.25, 0.3) is 10.8 Å². The number of piperazine rings is 1. The lowest BCUT2D eigenvalue weighted by Crippen LogP contribution is -2.46. The van der Waals surface area contributed by atoms with Gasteiger partial charge < -0.3 is 4.90 Å². The van der Waals surface area contributed by atoms with E-state index in [4.69, 9.17) is 0 Å². The first kappa shape index (κ1) is 15.1. The summed E-state index contributed by atoms with van der Waals surface area (Å²) in [5.74, 6) is -0.411. The lowest BCUT2D eigenvalue weighted by atomic mass is 10.0. The highest BCUT2D eigenvalue weighted by molar-refractivity contribution is 5.85. The summed E-state index contributed by atoms with van der Waals surface area (Å²) in [5, 5.41) is 2.62. The molecule has 0 bridgehead atoms. The number of halogens is 1. The second-order valence-electron chi connectivity index (χ2n) is 6.24. The van der Waals surface area contributed by atoms with Crippen LogP contribution in [0.1, 0.15) is 5.56 Å². The number of rotatable bonds is 3. The van der Waals surface area contributed by atoms with Crippen molar-refractivity contribution in [2.75, 3.05) is 31.1 Å². The van der Waals surface area contributed by atoms with Gasteiger partial charge in [0.1, 0.15) is 0 Å². The zero-order valence-electron chi connectivity index (χ0n) is 13.5. The Hall–Kier alpha value is -2.46. The fraction of sp³-hybridized carbons (Fsp3) is 0.250. The van der Waals surface area contributed by atoms with Crippen LogP contribution in [0, 0.1) is 5.95 Å². The average molecular weight is 321 g/mol. The van der Waals surface area contributed by atoms with E-state index in [0.717, 1.165) is 38.4 Å². The third-order valence-corrected chi connectivity index (χ3v) is 4.72. The normalized spacial score (nSPS) is 15.8. The molecule has 1 aliphatic rings. The Labute approximate surface area is 141 Å². The standard InChI is InChI=1S/C20H20FN3/c21-20-14-18(8-9-22-20)24-12-10-23(11-13-24)15-17-6-3-5-16-4-1-2-7-19(16)17/h1-9,14H,10-13,15H2. The van der Waals surface area contributed by atoms with Crippen molar-refractivity contribution in [2.45, 2.75) is 6.54 Å². The van der Waals surface area contributed by atoms with Gasteiger partial charge in [-0.25, -0.2) is 4.98 Å². The quantitative estimate of drug-likeness (QED) is 0.686. The molecule has 1 aliphatic heterocycles. The number of aromatic nitrogens is 1. The Morgan fingerprint density at radius 2 is 1.71 bits per heavy atom. The molecule has 0 atom stereocenters. The lowest BCUT2D eigenvalue weighted by Gasteiger charge is -2.36. The monoisotopic (exact) mass is 321 g/mol. The van der Waals surface area contributed by atoms with Crippen LogP contribution in [-0.4, -0.2) is 36.1 Å². The van der Waals surface area contributed by atoms with Gasteiger partial charge in [-0.15, -0.1) is 0 Å². The van der Waals surface area contributed by atoms with Crippen LogP contribution < -0.4 is 4.90 Å². The molecule has 4 rings (SSSR count). The topological polar surface area (TPSA) is 19.4 Å². The van der Waals surface area contributed by atoms with Gasteiger partial charge in [0.05, 0.1) is 0 Å². The van der Waals surface area contributed by atoms with Crippen LogP contribution in [0.3, 0.4) is 0 Å². The predicted molar refractivity (Wildman–Crippen MR) is 95.6 cm³/mol. The van der Waals surface area contributed by atoms with E-state index in [1.54, 1.807) is 0 Å². The number of pyridine rings is 1. The Balaban J connectivity index is 1.44. The molecule has 3 aromatic rings. The van der Waals surface area contributed by atoms with Crippen LogP contribution in [0.4, 0.5) is 10.1 Å². The molecule has 0 spiro atoms. The van der Waals surface area contributed by atoms with Gasteiger partial charge >= 0.3 is 0 Å². The minimum absolute atomic E-state index is 0.411. The van der Waals surface area contributed by atoms with Crippen molar-refractivity contribution < 1.29 is 4.39 Å². The van der Waals surface area contributed by atoms with Gasteiger partial charge in [0.25, 0.3) is 0 Å². The van der Waals surface area contributed by atoms with E-state index >= 15 is 0 Å². The van der Waals surface area contributed by atoms with Crippen LogP contribution in [0.15, 0.2) is 60.8 Å². The Morgan fingerprint density at radius 1 is 0.917 bits per heavy atom. The summed E-state index contributed by atoms with van der Waals surface area (Å²) in [6.45, 7) is 4.74. The van der Waals surface area contributed by atoms with E-state index in [1.807, 2.05) is 6.07 Å². The molecule has 2 aromatic carbocycles. The van der Waals surface area contributed by atoms with Crippen LogP contribution in [0.2, 0.25) is 0 Å². The average Bonchev–Trinajstić information content (AvgIpc) is 2.63. The molecule has 1 saturated heterocycles. The number of anilines is 1. The third kappa shape index (κ3) is 3.10. The van der Waals surface area contributed by atoms with Crippen molar-refractivity contribution >= 4 is 16.5 Å². The molecular formula is C20H20FN3. The largest absolute Gasteiger partial charge is 0.369 e. The summed E-state index contributed by atoms with van der Waals surface area (Å²) < 4.78 is 13.3. The van der Waals surface area contributed by atoms with Crippen molar-refractivity contribution in [1.29, 1.82) is 0 Å². The molecule has 4 heteroatoms. The van der Waals surface area contributed by atoms with Gasteiger partial charge in [0.15, 0.2) is 0 Å². The predicted octanol–water partition coefficient (Wildman–Crippen LogP) is 3.70. The highest BCUT2D eigenvalue weighted by Gasteiger charge is 2.18. The summed E-state index contributed by atoms with van der Waals surface area (Å²) in [7, 11) is 0. The third-order valence-electron chi connectivity index (χ3n) is 4.72. The van der Waals surface area contributed by atoms with E-state index in [2.05, 4.69) is 57.2 Å². The molecule has 24 heavy (non-hydrogen) atoms. The van der Waals surface area contributed by atoms with Gasteiger partial charge in [0, 0.05) is 50.7 Å². The highest BCUT2D eigenvalue weighted by atomic mass is 19.1. The van der Waals surface area contributed by atoms with Crippen molar-refractivity contribution in [3.63, 3.8) is 0 Å². The molecule has 0 aliphatic carbocycles. The molecule has 0 N–H and O–H groups in total.